The molecule has 2 heterocycles. The molecular formula is C15H17N3O3. The Morgan fingerprint density at radius 1 is 1.29 bits per heavy atom. The van der Waals surface area contributed by atoms with Crippen LogP contribution in [0.5, 0.6) is 0 Å². The van der Waals surface area contributed by atoms with Crippen molar-refractivity contribution in [3.8, 4) is 0 Å². The Hall–Kier alpha value is -2.37. The van der Waals surface area contributed by atoms with Crippen molar-refractivity contribution in [3.05, 3.63) is 30.0 Å². The number of fused-ring (bicyclic) bond motifs is 1. The van der Waals surface area contributed by atoms with Crippen LogP contribution in [0.25, 0.3) is 10.9 Å². The minimum atomic E-state index is -0.786. The number of H-pyrrole nitrogens is 1. The van der Waals surface area contributed by atoms with Gasteiger partial charge in [0.25, 0.3) is 5.91 Å². The fourth-order valence-electron chi connectivity index (χ4n) is 2.58. The third-order valence-corrected chi connectivity index (χ3v) is 3.71. The molecule has 2 aromatic rings. The number of aromatic nitrogens is 2. The van der Waals surface area contributed by atoms with Crippen LogP contribution >= 0.6 is 0 Å². The average Bonchev–Trinajstić information content (AvgIpc) is 3.15. The summed E-state index contributed by atoms with van der Waals surface area (Å²) in [5.41, 5.74) is 0.981. The number of hydrogen-bond donors (Lipinski definition) is 1. The van der Waals surface area contributed by atoms with Crippen LogP contribution in [0.3, 0.4) is 0 Å². The highest BCUT2D eigenvalue weighted by Gasteiger charge is 2.27. The molecule has 1 amide bonds. The fourth-order valence-corrected chi connectivity index (χ4v) is 2.58. The van der Waals surface area contributed by atoms with Crippen LogP contribution in [0.2, 0.25) is 0 Å². The van der Waals surface area contributed by atoms with E-state index in [1.165, 1.54) is 0 Å². The Kier molecular flexibility index (Phi) is 3.60. The molecule has 1 aliphatic rings. The summed E-state index contributed by atoms with van der Waals surface area (Å²) in [5.74, 6) is -0.715. The summed E-state index contributed by atoms with van der Waals surface area (Å²) >= 11 is 0. The molecule has 1 aromatic heterocycles. The predicted molar refractivity (Wildman–Crippen MR) is 76.8 cm³/mol. The van der Waals surface area contributed by atoms with Crippen molar-refractivity contribution in [2.45, 2.75) is 25.9 Å². The SMILES string of the molecule is CC(OC(=O)c1n[nH]c2ccccc12)C(=O)N1CCCC1. The van der Waals surface area contributed by atoms with Crippen LogP contribution in [0, 0.1) is 0 Å². The lowest BCUT2D eigenvalue weighted by Gasteiger charge is -2.20. The number of nitrogens with one attached hydrogen (secondary N) is 1. The number of para-hydroxylation sites is 1. The van der Waals surface area contributed by atoms with E-state index in [1.54, 1.807) is 17.9 Å². The fraction of sp³-hybridized carbons (Fsp3) is 0.400. The van der Waals surface area contributed by atoms with Crippen LogP contribution in [0.4, 0.5) is 0 Å². The normalized spacial score (nSPS) is 16.1. The highest BCUT2D eigenvalue weighted by Crippen LogP contribution is 2.17. The van der Waals surface area contributed by atoms with Gasteiger partial charge in [-0.3, -0.25) is 9.89 Å². The summed E-state index contributed by atoms with van der Waals surface area (Å²) in [7, 11) is 0. The van der Waals surface area contributed by atoms with Crippen LogP contribution in [-0.2, 0) is 9.53 Å². The van der Waals surface area contributed by atoms with Gasteiger partial charge in [-0.25, -0.2) is 4.79 Å². The zero-order valence-corrected chi connectivity index (χ0v) is 11.8. The van der Waals surface area contributed by atoms with Gasteiger partial charge >= 0.3 is 5.97 Å². The summed E-state index contributed by atoms with van der Waals surface area (Å²) < 4.78 is 5.26. The van der Waals surface area contributed by atoms with E-state index < -0.39 is 12.1 Å². The molecule has 110 valence electrons. The molecule has 0 bridgehead atoms. The number of nitrogens with zero attached hydrogens (tertiary/aromatic N) is 2. The molecular weight excluding hydrogens is 270 g/mol. The molecule has 6 heteroatoms. The van der Waals surface area contributed by atoms with E-state index >= 15 is 0 Å². The number of likely N-dealkylation sites (tertiary alicyclic amines) is 1. The summed E-state index contributed by atoms with van der Waals surface area (Å²) in [4.78, 5) is 26.0. The van der Waals surface area contributed by atoms with Crippen molar-refractivity contribution in [3.63, 3.8) is 0 Å². The Balaban J connectivity index is 1.72. The van der Waals surface area contributed by atoms with Crippen LogP contribution < -0.4 is 0 Å². The Labute approximate surface area is 122 Å². The molecule has 1 atom stereocenters. The second-order valence-corrected chi connectivity index (χ2v) is 5.20. The van der Waals surface area contributed by atoms with E-state index in [0.29, 0.717) is 5.39 Å². The van der Waals surface area contributed by atoms with E-state index in [1.807, 2.05) is 18.2 Å². The summed E-state index contributed by atoms with van der Waals surface area (Å²) in [6, 6.07) is 7.31. The van der Waals surface area contributed by atoms with Crippen molar-refractivity contribution in [2.24, 2.45) is 0 Å². The summed E-state index contributed by atoms with van der Waals surface area (Å²) in [6.07, 6.45) is 1.23. The lowest BCUT2D eigenvalue weighted by atomic mass is 10.2. The maximum atomic E-state index is 12.2. The number of benzene rings is 1. The first-order valence-electron chi connectivity index (χ1n) is 7.09. The van der Waals surface area contributed by atoms with Crippen molar-refractivity contribution in [1.82, 2.24) is 15.1 Å². The molecule has 1 aliphatic heterocycles. The van der Waals surface area contributed by atoms with E-state index in [2.05, 4.69) is 10.2 Å². The molecule has 1 fully saturated rings. The molecule has 1 aromatic carbocycles. The topological polar surface area (TPSA) is 75.3 Å². The molecule has 6 nitrogen and oxygen atoms in total. The number of carbonyl (C=O) groups excluding carboxylic acids is 2. The van der Waals surface area contributed by atoms with Crippen LogP contribution in [0.1, 0.15) is 30.3 Å². The standard InChI is InChI=1S/C15H17N3O3/c1-10(14(19)18-8-4-5-9-18)21-15(20)13-11-6-2-3-7-12(11)16-17-13/h2-3,6-7,10H,4-5,8-9H2,1H3,(H,16,17). The predicted octanol–water partition coefficient (Wildman–Crippen LogP) is 1.73. The third kappa shape index (κ3) is 2.61. The van der Waals surface area contributed by atoms with E-state index in [9.17, 15) is 9.59 Å². The number of ether oxygens (including phenoxy) is 1. The van der Waals surface area contributed by atoms with Gasteiger partial charge in [0.15, 0.2) is 11.8 Å². The van der Waals surface area contributed by atoms with Gasteiger partial charge in [-0.1, -0.05) is 18.2 Å². The number of carbonyl (C=O) groups is 2. The van der Waals surface area contributed by atoms with Gasteiger partial charge < -0.3 is 9.64 Å². The lowest BCUT2D eigenvalue weighted by Crippen LogP contribution is -2.38. The van der Waals surface area contributed by atoms with E-state index in [4.69, 9.17) is 4.74 Å². The Morgan fingerprint density at radius 2 is 2.00 bits per heavy atom. The summed E-state index contributed by atoms with van der Waals surface area (Å²) in [5, 5.41) is 7.46. The third-order valence-electron chi connectivity index (χ3n) is 3.71. The van der Waals surface area contributed by atoms with Crippen molar-refractivity contribution >= 4 is 22.8 Å². The van der Waals surface area contributed by atoms with E-state index in [0.717, 1.165) is 31.4 Å². The molecule has 21 heavy (non-hydrogen) atoms. The molecule has 0 radical (unpaired) electrons. The first kappa shape index (κ1) is 13.6. The van der Waals surface area contributed by atoms with Gasteiger partial charge in [0.2, 0.25) is 0 Å². The first-order valence-corrected chi connectivity index (χ1v) is 7.09. The minimum absolute atomic E-state index is 0.138. The molecule has 0 saturated carbocycles. The monoisotopic (exact) mass is 287 g/mol. The summed E-state index contributed by atoms with van der Waals surface area (Å²) in [6.45, 7) is 3.09. The van der Waals surface area contributed by atoms with E-state index in [-0.39, 0.29) is 11.6 Å². The quantitative estimate of drug-likeness (QED) is 0.872. The Bertz CT molecular complexity index is 674. The maximum absolute atomic E-state index is 12.2. The number of hydrogen-bond acceptors (Lipinski definition) is 4. The highest BCUT2D eigenvalue weighted by atomic mass is 16.5. The molecule has 3 rings (SSSR count). The van der Waals surface area contributed by atoms with Crippen molar-refractivity contribution in [2.75, 3.05) is 13.1 Å². The first-order chi connectivity index (χ1) is 10.2. The van der Waals surface area contributed by atoms with Crippen LogP contribution in [-0.4, -0.2) is 46.2 Å². The smallest absolute Gasteiger partial charge is 0.360 e. The lowest BCUT2D eigenvalue weighted by molar-refractivity contribution is -0.138. The Morgan fingerprint density at radius 3 is 2.76 bits per heavy atom. The zero-order chi connectivity index (χ0) is 14.8. The largest absolute Gasteiger partial charge is 0.448 e. The van der Waals surface area contributed by atoms with Gasteiger partial charge in [-0.2, -0.15) is 5.10 Å². The number of aromatic amines is 1. The molecule has 1 unspecified atom stereocenters. The molecule has 1 N–H and O–H groups in total. The van der Waals surface area contributed by atoms with Crippen LogP contribution in [0.15, 0.2) is 24.3 Å². The second kappa shape index (κ2) is 5.55. The van der Waals surface area contributed by atoms with Gasteiger partial charge in [0, 0.05) is 18.5 Å². The van der Waals surface area contributed by atoms with Crippen molar-refractivity contribution in [1.29, 1.82) is 0 Å². The van der Waals surface area contributed by atoms with Gasteiger partial charge in [0.05, 0.1) is 5.52 Å². The molecule has 0 aliphatic carbocycles. The van der Waals surface area contributed by atoms with Crippen molar-refractivity contribution < 1.29 is 14.3 Å². The van der Waals surface area contributed by atoms with Gasteiger partial charge in [0.1, 0.15) is 0 Å². The second-order valence-electron chi connectivity index (χ2n) is 5.20. The average molecular weight is 287 g/mol. The zero-order valence-electron chi connectivity index (χ0n) is 11.8. The molecule has 0 spiro atoms. The maximum Gasteiger partial charge on any atom is 0.360 e. The number of rotatable bonds is 3. The number of amides is 1. The minimum Gasteiger partial charge on any atom is -0.448 e. The van der Waals surface area contributed by atoms with Gasteiger partial charge in [-0.05, 0) is 25.8 Å². The highest BCUT2D eigenvalue weighted by molar-refractivity contribution is 6.02. The van der Waals surface area contributed by atoms with Gasteiger partial charge in [-0.15, -0.1) is 0 Å². The number of esters is 1. The molecule has 1 saturated heterocycles.